The van der Waals surface area contributed by atoms with Gasteiger partial charge in [-0.1, -0.05) is 0 Å². The van der Waals surface area contributed by atoms with Crippen molar-refractivity contribution < 1.29 is 21.6 Å². The van der Waals surface area contributed by atoms with E-state index < -0.39 is 33.7 Å². The molecule has 176 valence electrons. The minimum absolute atomic E-state index is 0.0145. The lowest BCUT2D eigenvalue weighted by molar-refractivity contribution is 0.0354. The lowest BCUT2D eigenvalue weighted by Gasteiger charge is -2.46. The Morgan fingerprint density at radius 1 is 1.27 bits per heavy atom. The highest BCUT2D eigenvalue weighted by molar-refractivity contribution is 7.89. The van der Waals surface area contributed by atoms with Gasteiger partial charge in [0.1, 0.15) is 17.9 Å². The van der Waals surface area contributed by atoms with Crippen LogP contribution in [-0.4, -0.2) is 57.3 Å². The summed E-state index contributed by atoms with van der Waals surface area (Å²) in [6.07, 6.45) is 6.07. The largest absolute Gasteiger partial charge is 0.451 e. The fraction of sp³-hybridized carbons (Fsp3) is 0.429. The average molecular weight is 479 g/mol. The topological polar surface area (TPSA) is 110 Å². The summed E-state index contributed by atoms with van der Waals surface area (Å²) in [6.45, 7) is 1.93. The number of benzene rings is 1. The molecule has 4 heterocycles. The molecule has 1 saturated heterocycles. The molecule has 2 aliphatic heterocycles. The Bertz CT molecular complexity index is 1240. The van der Waals surface area contributed by atoms with Gasteiger partial charge in [-0.15, -0.1) is 0 Å². The first-order valence-corrected chi connectivity index (χ1v) is 12.4. The smallest absolute Gasteiger partial charge is 0.250 e. The van der Waals surface area contributed by atoms with Crippen LogP contribution in [0.4, 0.5) is 8.78 Å². The van der Waals surface area contributed by atoms with Gasteiger partial charge in [0, 0.05) is 55.6 Å². The molecule has 5 rings (SSSR count). The Hall–Kier alpha value is -2.67. The second-order valence-corrected chi connectivity index (χ2v) is 10.6. The molecule has 9 nitrogen and oxygen atoms in total. The normalized spacial score (nSPS) is 24.3. The molecule has 3 aromatic rings. The number of nitrogens with zero attached hydrogens (tertiary/aromatic N) is 5. The minimum Gasteiger partial charge on any atom is -0.451 e. The van der Waals surface area contributed by atoms with Gasteiger partial charge in [-0.3, -0.25) is 9.80 Å². The van der Waals surface area contributed by atoms with Crippen LogP contribution in [0.5, 0.6) is 0 Å². The summed E-state index contributed by atoms with van der Waals surface area (Å²) in [5.41, 5.74) is 9.03. The molecule has 12 heteroatoms. The van der Waals surface area contributed by atoms with Gasteiger partial charge in [-0.25, -0.2) is 22.2 Å². The van der Waals surface area contributed by atoms with Gasteiger partial charge in [-0.05, 0) is 24.6 Å². The van der Waals surface area contributed by atoms with Crippen LogP contribution < -0.4 is 5.73 Å². The second-order valence-electron chi connectivity index (χ2n) is 8.71. The van der Waals surface area contributed by atoms with Gasteiger partial charge in [0.05, 0.1) is 23.7 Å². The van der Waals surface area contributed by atoms with Crippen LogP contribution >= 0.6 is 0 Å². The van der Waals surface area contributed by atoms with E-state index in [1.165, 1.54) is 18.7 Å². The standard InChI is InChI=1S/C21H24F2N6O3S/c1-33(30,31)29-7-13-6-27(10-20(13)26-29)16-5-19(24)21(17-4-14(22)2-3-18(17)23)28(9-16)8-15-11-32-12-25-15/h2-4,7,11-12,16,19,21H,5-6,8-10,24H2,1H3/t16?,19?,21-/m1/s1. The van der Waals surface area contributed by atoms with Crippen molar-refractivity contribution in [2.45, 2.75) is 44.2 Å². The van der Waals surface area contributed by atoms with E-state index >= 15 is 0 Å². The number of fused-ring (bicyclic) bond motifs is 1. The Balaban J connectivity index is 1.40. The van der Waals surface area contributed by atoms with Crippen molar-refractivity contribution in [3.63, 3.8) is 0 Å². The fourth-order valence-corrected chi connectivity index (χ4v) is 5.44. The van der Waals surface area contributed by atoms with Gasteiger partial charge in [0.2, 0.25) is 0 Å². The van der Waals surface area contributed by atoms with E-state index in [1.54, 1.807) is 6.20 Å². The zero-order chi connectivity index (χ0) is 23.3. The monoisotopic (exact) mass is 478 g/mol. The molecule has 0 aliphatic carbocycles. The second kappa shape index (κ2) is 8.28. The first kappa shape index (κ1) is 22.1. The number of likely N-dealkylation sites (tertiary alicyclic amines) is 1. The Morgan fingerprint density at radius 3 is 2.79 bits per heavy atom. The molecule has 33 heavy (non-hydrogen) atoms. The fourth-order valence-electron chi connectivity index (χ4n) is 4.87. The predicted octanol–water partition coefficient (Wildman–Crippen LogP) is 1.62. The molecule has 0 amide bonds. The summed E-state index contributed by atoms with van der Waals surface area (Å²) in [4.78, 5) is 8.38. The highest BCUT2D eigenvalue weighted by Gasteiger charge is 2.41. The molecule has 3 atom stereocenters. The summed E-state index contributed by atoms with van der Waals surface area (Å²) in [5.74, 6) is -1.02. The molecule has 2 N–H and O–H groups in total. The third-order valence-electron chi connectivity index (χ3n) is 6.35. The SMILES string of the molecule is CS(=O)(=O)n1cc2c(n1)CN(C1CC(N)[C@@H](c3cc(F)ccc3F)N(Cc3cocn3)C1)C2. The van der Waals surface area contributed by atoms with Crippen molar-refractivity contribution in [1.29, 1.82) is 0 Å². The average Bonchev–Trinajstić information content (AvgIpc) is 3.46. The third-order valence-corrected chi connectivity index (χ3v) is 7.22. The van der Waals surface area contributed by atoms with Gasteiger partial charge < -0.3 is 10.2 Å². The molecule has 0 radical (unpaired) electrons. The van der Waals surface area contributed by atoms with Crippen molar-refractivity contribution in [3.05, 3.63) is 71.2 Å². The molecule has 1 fully saturated rings. The van der Waals surface area contributed by atoms with Crippen molar-refractivity contribution >= 4 is 10.0 Å². The Labute approximate surface area is 189 Å². The number of halogens is 2. The van der Waals surface area contributed by atoms with Crippen LogP contribution in [0.1, 0.15) is 35.0 Å². The van der Waals surface area contributed by atoms with Crippen LogP contribution in [0, 0.1) is 11.6 Å². The van der Waals surface area contributed by atoms with E-state index in [1.807, 2.05) is 4.90 Å². The number of piperidine rings is 1. The van der Waals surface area contributed by atoms with Crippen LogP contribution in [0.15, 0.2) is 41.5 Å². The van der Waals surface area contributed by atoms with Crippen LogP contribution in [0.25, 0.3) is 0 Å². The quantitative estimate of drug-likeness (QED) is 0.589. The lowest BCUT2D eigenvalue weighted by atomic mass is 9.87. The van der Waals surface area contributed by atoms with Crippen LogP contribution in [0.3, 0.4) is 0 Å². The number of rotatable bonds is 5. The summed E-state index contributed by atoms with van der Waals surface area (Å²) >= 11 is 0. The third kappa shape index (κ3) is 4.31. The molecule has 2 aliphatic rings. The molecule has 1 aromatic carbocycles. The maximum absolute atomic E-state index is 14.7. The summed E-state index contributed by atoms with van der Waals surface area (Å²) in [7, 11) is -3.44. The van der Waals surface area contributed by atoms with Crippen LogP contribution in [-0.2, 0) is 29.7 Å². The van der Waals surface area contributed by atoms with Crippen molar-refractivity contribution in [3.8, 4) is 0 Å². The molecule has 2 unspecified atom stereocenters. The molecule has 2 aromatic heterocycles. The minimum atomic E-state index is -3.44. The molecule has 0 spiro atoms. The molecule has 0 saturated carbocycles. The van der Waals surface area contributed by atoms with Gasteiger partial charge in [-0.2, -0.15) is 9.19 Å². The van der Waals surface area contributed by atoms with Gasteiger partial charge in [0.15, 0.2) is 6.39 Å². The van der Waals surface area contributed by atoms with Gasteiger partial charge >= 0.3 is 0 Å². The zero-order valence-corrected chi connectivity index (χ0v) is 18.8. The zero-order valence-electron chi connectivity index (χ0n) is 17.9. The number of nitrogens with two attached hydrogens (primary N) is 1. The predicted molar refractivity (Wildman–Crippen MR) is 114 cm³/mol. The first-order chi connectivity index (χ1) is 15.7. The van der Waals surface area contributed by atoms with Crippen molar-refractivity contribution in [2.24, 2.45) is 5.73 Å². The van der Waals surface area contributed by atoms with Crippen molar-refractivity contribution in [2.75, 3.05) is 12.8 Å². The highest BCUT2D eigenvalue weighted by Crippen LogP contribution is 2.37. The molecule has 0 bridgehead atoms. The number of hydrogen-bond donors (Lipinski definition) is 1. The lowest BCUT2D eigenvalue weighted by Crippen LogP contribution is -2.55. The summed E-state index contributed by atoms with van der Waals surface area (Å²) in [6, 6.07) is 2.44. The maximum atomic E-state index is 14.7. The Kier molecular flexibility index (Phi) is 5.55. The van der Waals surface area contributed by atoms with E-state index in [9.17, 15) is 17.2 Å². The first-order valence-electron chi connectivity index (χ1n) is 10.5. The molecular formula is C21H24F2N6O3S. The molecular weight excluding hydrogens is 454 g/mol. The summed E-state index contributed by atoms with van der Waals surface area (Å²) < 4.78 is 58.3. The van der Waals surface area contributed by atoms with Gasteiger partial charge in [0.25, 0.3) is 10.0 Å². The van der Waals surface area contributed by atoms with Crippen LogP contribution in [0.2, 0.25) is 0 Å². The summed E-state index contributed by atoms with van der Waals surface area (Å²) in [5, 5.41) is 4.22. The van der Waals surface area contributed by atoms with E-state index in [0.29, 0.717) is 38.3 Å². The number of aromatic nitrogens is 3. The van der Waals surface area contributed by atoms with E-state index in [4.69, 9.17) is 10.2 Å². The Morgan fingerprint density at radius 2 is 2.09 bits per heavy atom. The number of hydrogen-bond acceptors (Lipinski definition) is 8. The van der Waals surface area contributed by atoms with E-state index in [0.717, 1.165) is 33.7 Å². The maximum Gasteiger partial charge on any atom is 0.250 e. The van der Waals surface area contributed by atoms with Crippen molar-refractivity contribution in [1.82, 2.24) is 24.0 Å². The van der Waals surface area contributed by atoms with E-state index in [2.05, 4.69) is 15.0 Å². The van der Waals surface area contributed by atoms with E-state index in [-0.39, 0.29) is 11.6 Å². The number of oxazole rings is 1. The highest BCUT2D eigenvalue weighted by atomic mass is 32.2.